The summed E-state index contributed by atoms with van der Waals surface area (Å²) in [7, 11) is 0. The van der Waals surface area contributed by atoms with E-state index in [4.69, 9.17) is 0 Å². The molecule has 0 fully saturated rings. The molecule has 1 heterocycles. The van der Waals surface area contributed by atoms with Gasteiger partial charge in [0.05, 0.1) is 0 Å². The molecule has 0 atom stereocenters. The second-order valence-corrected chi connectivity index (χ2v) is 4.23. The predicted octanol–water partition coefficient (Wildman–Crippen LogP) is 2.57. The molecule has 0 unspecified atom stereocenters. The topological polar surface area (TPSA) is 25.8 Å². The second kappa shape index (κ2) is 4.14. The van der Waals surface area contributed by atoms with Gasteiger partial charge in [0.2, 0.25) is 0 Å². The maximum Gasteiger partial charge on any atom is 0.505 e. The smallest absolute Gasteiger partial charge is 0.445 e. The first kappa shape index (κ1) is 10.6. The highest BCUT2D eigenvalue weighted by Crippen LogP contribution is 2.26. The van der Waals surface area contributed by atoms with Crippen LogP contribution in [-0.2, 0) is 0 Å². The Bertz CT molecular complexity index is 284. The van der Waals surface area contributed by atoms with Crippen LogP contribution in [0.3, 0.4) is 0 Å². The van der Waals surface area contributed by atoms with Crippen LogP contribution < -0.4 is 0 Å². The summed E-state index contributed by atoms with van der Waals surface area (Å²) in [5.41, 5.74) is -0.694. The van der Waals surface area contributed by atoms with Crippen molar-refractivity contribution in [2.45, 2.75) is 4.34 Å². The average Bonchev–Trinajstić information content (AvgIpc) is 2.50. The number of nitrogens with zero attached hydrogens (tertiary/aromatic N) is 2. The molecule has 1 aromatic heterocycles. The van der Waals surface area contributed by atoms with E-state index < -0.39 is 12.4 Å². The molecule has 0 saturated heterocycles. The lowest BCUT2D eigenvalue weighted by Crippen LogP contribution is -2.20. The number of rotatable bonds is 4. The molecule has 0 amide bonds. The van der Waals surface area contributed by atoms with Crippen LogP contribution in [0.1, 0.15) is 0 Å². The molecule has 0 saturated carbocycles. The molecule has 1 rings (SSSR count). The Morgan fingerprint density at radius 1 is 1.62 bits per heavy atom. The van der Waals surface area contributed by atoms with Crippen LogP contribution in [0.5, 0.6) is 0 Å². The van der Waals surface area contributed by atoms with E-state index >= 15 is 0 Å². The van der Waals surface area contributed by atoms with E-state index in [1.807, 2.05) is 0 Å². The summed E-state index contributed by atoms with van der Waals surface area (Å²) in [6, 6.07) is 0. The lowest BCUT2D eigenvalue weighted by Gasteiger charge is -2.16. The quantitative estimate of drug-likeness (QED) is 0.581. The molecule has 1 aromatic rings. The Morgan fingerprint density at radius 3 is 2.77 bits per heavy atom. The third-order valence-electron chi connectivity index (χ3n) is 1.19. The van der Waals surface area contributed by atoms with Crippen LogP contribution >= 0.6 is 23.3 Å². The standard InChI is InChI=1S/C5H5BF3N2S2/c1-4(6(7,8)9)2-12-5-10-3-11-13-5/h3H,1-2H2/q-1. The van der Waals surface area contributed by atoms with E-state index in [1.54, 1.807) is 0 Å². The number of halogens is 3. The van der Waals surface area contributed by atoms with Crippen molar-refractivity contribution in [3.63, 3.8) is 0 Å². The van der Waals surface area contributed by atoms with Crippen LogP contribution in [0.15, 0.2) is 22.7 Å². The van der Waals surface area contributed by atoms with Crippen molar-refractivity contribution >= 4 is 30.3 Å². The summed E-state index contributed by atoms with van der Waals surface area (Å²) in [5.74, 6) is -0.168. The number of hydrogen-bond donors (Lipinski definition) is 0. The third-order valence-corrected chi connectivity index (χ3v) is 3.09. The SMILES string of the molecule is C=C(CSc1ncns1)[B-](F)(F)F. The average molecular weight is 225 g/mol. The van der Waals surface area contributed by atoms with Crippen molar-refractivity contribution in [3.8, 4) is 0 Å². The molecule has 0 aliphatic heterocycles. The second-order valence-electron chi connectivity index (χ2n) is 2.23. The van der Waals surface area contributed by atoms with Gasteiger partial charge in [-0.25, -0.2) is 4.98 Å². The van der Waals surface area contributed by atoms with Gasteiger partial charge >= 0.3 is 6.98 Å². The Balaban J connectivity index is 2.40. The number of aromatic nitrogens is 2. The molecule has 2 nitrogen and oxygen atoms in total. The van der Waals surface area contributed by atoms with Crippen LogP contribution in [0.25, 0.3) is 0 Å². The van der Waals surface area contributed by atoms with E-state index in [9.17, 15) is 12.9 Å². The summed E-state index contributed by atoms with van der Waals surface area (Å²) in [6.45, 7) is -1.95. The molecule has 0 aromatic carbocycles. The van der Waals surface area contributed by atoms with Gasteiger partial charge in [-0.1, -0.05) is 11.8 Å². The van der Waals surface area contributed by atoms with Crippen LogP contribution in [0.4, 0.5) is 12.9 Å². The predicted molar refractivity (Wildman–Crippen MR) is 48.9 cm³/mol. The molecule has 13 heavy (non-hydrogen) atoms. The highest BCUT2D eigenvalue weighted by Gasteiger charge is 2.26. The summed E-state index contributed by atoms with van der Waals surface area (Å²) in [6.07, 6.45) is 1.31. The van der Waals surface area contributed by atoms with E-state index in [-0.39, 0.29) is 5.75 Å². The summed E-state index contributed by atoms with van der Waals surface area (Å²) in [4.78, 5) is 3.74. The van der Waals surface area contributed by atoms with Gasteiger partial charge in [0.15, 0.2) is 4.34 Å². The fourth-order valence-electron chi connectivity index (χ4n) is 0.475. The lowest BCUT2D eigenvalue weighted by molar-refractivity contribution is 0.491. The van der Waals surface area contributed by atoms with Crippen LogP contribution in [0.2, 0.25) is 0 Å². The number of thioether (sulfide) groups is 1. The molecule has 0 bridgehead atoms. The highest BCUT2D eigenvalue weighted by atomic mass is 32.2. The van der Waals surface area contributed by atoms with Crippen molar-refractivity contribution in [1.29, 1.82) is 0 Å². The van der Waals surface area contributed by atoms with Gasteiger partial charge < -0.3 is 12.9 Å². The molecule has 0 aliphatic rings. The van der Waals surface area contributed by atoms with Crippen molar-refractivity contribution in [3.05, 3.63) is 18.4 Å². The summed E-state index contributed by atoms with van der Waals surface area (Å²) >= 11 is 2.08. The molecular weight excluding hydrogens is 220 g/mol. The van der Waals surface area contributed by atoms with Gasteiger partial charge in [0.1, 0.15) is 6.33 Å². The minimum Gasteiger partial charge on any atom is -0.445 e. The number of hydrogen-bond acceptors (Lipinski definition) is 4. The minimum absolute atomic E-state index is 0.168. The fraction of sp³-hybridized carbons (Fsp3) is 0.200. The Morgan fingerprint density at radius 2 is 2.31 bits per heavy atom. The maximum atomic E-state index is 12.0. The Labute approximate surface area is 81.5 Å². The van der Waals surface area contributed by atoms with E-state index in [2.05, 4.69) is 15.9 Å². The highest BCUT2D eigenvalue weighted by molar-refractivity contribution is 8.01. The minimum atomic E-state index is -4.91. The lowest BCUT2D eigenvalue weighted by atomic mass is 9.82. The zero-order valence-electron chi connectivity index (χ0n) is 6.41. The van der Waals surface area contributed by atoms with Crippen molar-refractivity contribution in [2.75, 3.05) is 5.75 Å². The molecular formula is C5H5BF3N2S2-. The van der Waals surface area contributed by atoms with Crippen LogP contribution in [-0.4, -0.2) is 22.1 Å². The Kier molecular flexibility index (Phi) is 3.37. The zero-order valence-corrected chi connectivity index (χ0v) is 8.05. The van der Waals surface area contributed by atoms with E-state index in [0.29, 0.717) is 4.34 Å². The molecule has 8 heteroatoms. The van der Waals surface area contributed by atoms with Gasteiger partial charge in [0.25, 0.3) is 0 Å². The first-order valence-corrected chi connectivity index (χ1v) is 5.03. The fourth-order valence-corrected chi connectivity index (χ4v) is 1.89. The van der Waals surface area contributed by atoms with E-state index in [1.165, 1.54) is 6.33 Å². The third kappa shape index (κ3) is 3.39. The zero-order chi connectivity index (χ0) is 9.90. The van der Waals surface area contributed by atoms with Gasteiger partial charge in [-0.3, -0.25) is 0 Å². The van der Waals surface area contributed by atoms with Crippen molar-refractivity contribution in [1.82, 2.24) is 9.36 Å². The largest absolute Gasteiger partial charge is 0.505 e. The normalized spacial score (nSPS) is 11.6. The molecule has 72 valence electrons. The van der Waals surface area contributed by atoms with Crippen LogP contribution in [0, 0.1) is 0 Å². The first-order valence-electron chi connectivity index (χ1n) is 3.27. The molecule has 0 N–H and O–H groups in total. The summed E-state index contributed by atoms with van der Waals surface area (Å²) < 4.78 is 40.2. The molecule has 0 spiro atoms. The van der Waals surface area contributed by atoms with Gasteiger partial charge in [0, 0.05) is 0 Å². The molecule has 0 aliphatic carbocycles. The van der Waals surface area contributed by atoms with Gasteiger partial charge in [-0.15, -0.1) is 12.1 Å². The van der Waals surface area contributed by atoms with Crippen molar-refractivity contribution < 1.29 is 12.9 Å². The van der Waals surface area contributed by atoms with Crippen molar-refractivity contribution in [2.24, 2.45) is 0 Å². The Hall–Kier alpha value is -0.495. The van der Waals surface area contributed by atoms with Gasteiger partial charge in [-0.05, 0) is 17.3 Å². The summed E-state index contributed by atoms with van der Waals surface area (Å²) in [5, 5.41) is 0. The van der Waals surface area contributed by atoms with Gasteiger partial charge in [-0.2, -0.15) is 4.37 Å². The molecule has 0 radical (unpaired) electrons. The first-order chi connectivity index (χ1) is 6.00. The van der Waals surface area contributed by atoms with E-state index in [0.717, 1.165) is 23.3 Å². The maximum absolute atomic E-state index is 12.0. The monoisotopic (exact) mass is 225 g/mol.